The second-order valence-electron chi connectivity index (χ2n) is 6.36. The highest BCUT2D eigenvalue weighted by Crippen LogP contribution is 2.37. The van der Waals surface area contributed by atoms with Gasteiger partial charge >= 0.3 is 0 Å². The molecule has 0 aromatic carbocycles. The van der Waals surface area contributed by atoms with E-state index in [1.807, 2.05) is 0 Å². The van der Waals surface area contributed by atoms with Crippen LogP contribution >= 0.6 is 0 Å². The summed E-state index contributed by atoms with van der Waals surface area (Å²) in [4.78, 5) is 0. The summed E-state index contributed by atoms with van der Waals surface area (Å²) in [6.45, 7) is 8.94. The third kappa shape index (κ3) is 6.07. The molecule has 0 heterocycles. The summed E-state index contributed by atoms with van der Waals surface area (Å²) in [6, 6.07) is 0. The van der Waals surface area contributed by atoms with Gasteiger partial charge in [0.15, 0.2) is 0 Å². The Bertz CT molecular complexity index is 216. The zero-order valence-corrected chi connectivity index (χ0v) is 12.8. The molecule has 1 aliphatic carbocycles. The van der Waals surface area contributed by atoms with Crippen LogP contribution in [0.5, 0.6) is 0 Å². The van der Waals surface area contributed by atoms with Crippen molar-refractivity contribution in [2.45, 2.75) is 90.9 Å². The number of unbranched alkanes of at least 4 members (excludes halogenated alkanes) is 3. The van der Waals surface area contributed by atoms with E-state index in [4.69, 9.17) is 0 Å². The van der Waals surface area contributed by atoms with E-state index in [-0.39, 0.29) is 0 Å². The van der Waals surface area contributed by atoms with E-state index in [2.05, 4.69) is 20.4 Å². The molecule has 0 aliphatic heterocycles. The first-order chi connectivity index (χ1) is 8.77. The van der Waals surface area contributed by atoms with Crippen molar-refractivity contribution in [3.8, 4) is 0 Å². The third-order valence-corrected chi connectivity index (χ3v) is 4.68. The number of hydrogen-bond donors (Lipinski definition) is 0. The summed E-state index contributed by atoms with van der Waals surface area (Å²) in [6.07, 6.45) is 16.9. The van der Waals surface area contributed by atoms with E-state index in [0.717, 1.165) is 11.8 Å². The maximum absolute atomic E-state index is 4.34. The summed E-state index contributed by atoms with van der Waals surface area (Å²) in [7, 11) is 0. The van der Waals surface area contributed by atoms with Crippen molar-refractivity contribution in [2.75, 3.05) is 0 Å². The Hall–Kier alpha value is -0.260. The normalized spacial score (nSPS) is 24.1. The Labute approximate surface area is 115 Å². The molecule has 0 radical (unpaired) electrons. The molecule has 1 rings (SSSR count). The van der Waals surface area contributed by atoms with Crippen molar-refractivity contribution in [1.29, 1.82) is 0 Å². The molecule has 0 bridgehead atoms. The SMILES string of the molecule is C=C(CCCCC)CC1CCCCC1CCCC. The van der Waals surface area contributed by atoms with Crippen LogP contribution in [0.15, 0.2) is 12.2 Å². The minimum Gasteiger partial charge on any atom is -0.0999 e. The van der Waals surface area contributed by atoms with Crippen molar-refractivity contribution in [3.63, 3.8) is 0 Å². The van der Waals surface area contributed by atoms with Crippen molar-refractivity contribution in [1.82, 2.24) is 0 Å². The fourth-order valence-electron chi connectivity index (χ4n) is 3.50. The average molecular weight is 250 g/mol. The maximum Gasteiger partial charge on any atom is -0.0292 e. The number of rotatable bonds is 9. The highest BCUT2D eigenvalue weighted by molar-refractivity contribution is 4.97. The Morgan fingerprint density at radius 1 is 0.944 bits per heavy atom. The second kappa shape index (κ2) is 9.64. The molecule has 0 heteroatoms. The molecule has 0 saturated heterocycles. The zero-order chi connectivity index (χ0) is 13.2. The van der Waals surface area contributed by atoms with Gasteiger partial charge in [-0.1, -0.05) is 77.4 Å². The van der Waals surface area contributed by atoms with Crippen molar-refractivity contribution in [2.24, 2.45) is 11.8 Å². The van der Waals surface area contributed by atoms with Crippen LogP contribution in [0.25, 0.3) is 0 Å². The van der Waals surface area contributed by atoms with Gasteiger partial charge in [-0.3, -0.25) is 0 Å². The van der Waals surface area contributed by atoms with Crippen molar-refractivity contribution >= 4 is 0 Å². The van der Waals surface area contributed by atoms with Gasteiger partial charge in [-0.15, -0.1) is 0 Å². The Balaban J connectivity index is 2.29. The molecule has 2 unspecified atom stereocenters. The minimum atomic E-state index is 0.972. The van der Waals surface area contributed by atoms with Crippen LogP contribution in [0.3, 0.4) is 0 Å². The predicted octanol–water partition coefficient (Wildman–Crippen LogP) is 6.51. The molecular weight excluding hydrogens is 216 g/mol. The number of hydrogen-bond acceptors (Lipinski definition) is 0. The molecule has 0 nitrogen and oxygen atoms in total. The van der Waals surface area contributed by atoms with Crippen LogP contribution < -0.4 is 0 Å². The molecular formula is C18H34. The molecule has 18 heavy (non-hydrogen) atoms. The van der Waals surface area contributed by atoms with Crippen LogP contribution in [0.1, 0.15) is 90.9 Å². The van der Waals surface area contributed by atoms with Gasteiger partial charge in [0.1, 0.15) is 0 Å². The van der Waals surface area contributed by atoms with Gasteiger partial charge in [-0.25, -0.2) is 0 Å². The molecule has 0 amide bonds. The molecule has 0 spiro atoms. The molecule has 0 aromatic heterocycles. The second-order valence-corrected chi connectivity index (χ2v) is 6.36. The fourth-order valence-corrected chi connectivity index (χ4v) is 3.50. The maximum atomic E-state index is 4.34. The third-order valence-electron chi connectivity index (χ3n) is 4.68. The van der Waals surface area contributed by atoms with Crippen LogP contribution in [0.4, 0.5) is 0 Å². The van der Waals surface area contributed by atoms with Crippen LogP contribution in [-0.2, 0) is 0 Å². The molecule has 1 aliphatic rings. The average Bonchev–Trinajstić information content (AvgIpc) is 2.38. The lowest BCUT2D eigenvalue weighted by atomic mass is 9.74. The van der Waals surface area contributed by atoms with E-state index < -0.39 is 0 Å². The van der Waals surface area contributed by atoms with E-state index in [0.29, 0.717) is 0 Å². The minimum absolute atomic E-state index is 0.972. The quantitative estimate of drug-likeness (QED) is 0.323. The first-order valence-electron chi connectivity index (χ1n) is 8.44. The zero-order valence-electron chi connectivity index (χ0n) is 12.8. The largest absolute Gasteiger partial charge is 0.0999 e. The van der Waals surface area contributed by atoms with Gasteiger partial charge in [0.25, 0.3) is 0 Å². The monoisotopic (exact) mass is 250 g/mol. The van der Waals surface area contributed by atoms with E-state index in [1.165, 1.54) is 82.6 Å². The lowest BCUT2D eigenvalue weighted by molar-refractivity contribution is 0.217. The highest BCUT2D eigenvalue weighted by atomic mass is 14.3. The van der Waals surface area contributed by atoms with Gasteiger partial charge in [-0.05, 0) is 37.5 Å². The molecule has 106 valence electrons. The molecule has 0 N–H and O–H groups in total. The highest BCUT2D eigenvalue weighted by Gasteiger charge is 2.24. The summed E-state index contributed by atoms with van der Waals surface area (Å²) in [5.74, 6) is 1.99. The van der Waals surface area contributed by atoms with Crippen molar-refractivity contribution in [3.05, 3.63) is 12.2 Å². The Kier molecular flexibility index (Phi) is 8.46. The van der Waals surface area contributed by atoms with Crippen LogP contribution in [0, 0.1) is 11.8 Å². The van der Waals surface area contributed by atoms with E-state index in [1.54, 1.807) is 0 Å². The van der Waals surface area contributed by atoms with Gasteiger partial charge < -0.3 is 0 Å². The lowest BCUT2D eigenvalue weighted by Crippen LogP contribution is -2.20. The molecule has 1 saturated carbocycles. The van der Waals surface area contributed by atoms with Crippen LogP contribution in [-0.4, -0.2) is 0 Å². The summed E-state index contributed by atoms with van der Waals surface area (Å²) >= 11 is 0. The topological polar surface area (TPSA) is 0 Å². The standard InChI is InChI=1S/C18H34/c1-4-6-8-11-16(3)15-18-14-10-9-13-17(18)12-7-5-2/h17-18H,3-15H2,1-2H3. The molecule has 1 fully saturated rings. The fraction of sp³-hybridized carbons (Fsp3) is 0.889. The first kappa shape index (κ1) is 15.8. The van der Waals surface area contributed by atoms with E-state index >= 15 is 0 Å². The van der Waals surface area contributed by atoms with Gasteiger partial charge in [0, 0.05) is 0 Å². The molecule has 2 atom stereocenters. The van der Waals surface area contributed by atoms with E-state index in [9.17, 15) is 0 Å². The first-order valence-corrected chi connectivity index (χ1v) is 8.44. The summed E-state index contributed by atoms with van der Waals surface area (Å²) in [5, 5.41) is 0. The summed E-state index contributed by atoms with van der Waals surface area (Å²) < 4.78 is 0. The smallest absolute Gasteiger partial charge is 0.0292 e. The summed E-state index contributed by atoms with van der Waals surface area (Å²) in [5.41, 5.74) is 1.54. The Morgan fingerprint density at radius 3 is 2.28 bits per heavy atom. The van der Waals surface area contributed by atoms with Gasteiger partial charge in [0.05, 0.1) is 0 Å². The van der Waals surface area contributed by atoms with Crippen LogP contribution in [0.2, 0.25) is 0 Å². The Morgan fingerprint density at radius 2 is 1.61 bits per heavy atom. The molecule has 0 aromatic rings. The van der Waals surface area contributed by atoms with Crippen molar-refractivity contribution < 1.29 is 0 Å². The lowest BCUT2D eigenvalue weighted by Gasteiger charge is -2.32. The number of allylic oxidation sites excluding steroid dienone is 1. The van der Waals surface area contributed by atoms with Gasteiger partial charge in [-0.2, -0.15) is 0 Å². The van der Waals surface area contributed by atoms with Gasteiger partial charge in [0.2, 0.25) is 0 Å². The predicted molar refractivity (Wildman–Crippen MR) is 82.9 cm³/mol.